The minimum Gasteiger partial charge on any atom is -0.478 e. The molecule has 4 rings (SSSR count). The van der Waals surface area contributed by atoms with Crippen LogP contribution in [0.5, 0.6) is 0 Å². The summed E-state index contributed by atoms with van der Waals surface area (Å²) < 4.78 is 37.0. The number of benzene rings is 1. The maximum absolute atomic E-state index is 13.0. The van der Waals surface area contributed by atoms with Gasteiger partial charge in [0.15, 0.2) is 5.82 Å². The molecule has 314 valence electrons. The number of aliphatic hydroxyl groups excluding tert-OH is 2. The van der Waals surface area contributed by atoms with Crippen LogP contribution in [0.1, 0.15) is 133 Å². The Kier molecular flexibility index (Phi) is 19.0. The summed E-state index contributed by atoms with van der Waals surface area (Å²) in [7, 11) is -4.73. The van der Waals surface area contributed by atoms with E-state index in [-0.39, 0.29) is 24.6 Å². The largest absolute Gasteiger partial charge is 0.478 e. The van der Waals surface area contributed by atoms with Gasteiger partial charge in [-0.15, -0.1) is 0 Å². The molecule has 2 aromatic heterocycles. The second-order valence-electron chi connectivity index (χ2n) is 15.0. The van der Waals surface area contributed by atoms with Crippen LogP contribution in [0.2, 0.25) is 0 Å². The highest BCUT2D eigenvalue weighted by molar-refractivity contribution is 7.47. The number of nitrogens with zero attached hydrogens (tertiary/aromatic N) is 3. The minimum absolute atomic E-state index is 0.0256. The van der Waals surface area contributed by atoms with Gasteiger partial charge in [0.2, 0.25) is 0 Å². The molecule has 0 bridgehead atoms. The van der Waals surface area contributed by atoms with Crippen LogP contribution >= 0.6 is 7.82 Å². The highest BCUT2D eigenvalue weighted by Crippen LogP contribution is 2.46. The van der Waals surface area contributed by atoms with E-state index in [2.05, 4.69) is 22.3 Å². The van der Waals surface area contributed by atoms with Crippen molar-refractivity contribution in [1.29, 1.82) is 0 Å². The van der Waals surface area contributed by atoms with Crippen LogP contribution in [0, 0.1) is 0 Å². The Morgan fingerprint density at radius 1 is 0.929 bits per heavy atom. The highest BCUT2D eigenvalue weighted by atomic mass is 31.2. The summed E-state index contributed by atoms with van der Waals surface area (Å²) in [5.41, 5.74) is 5.66. The molecule has 1 unspecified atom stereocenters. The molecule has 0 radical (unpaired) electrons. The zero-order valence-electron chi connectivity index (χ0n) is 33.1. The summed E-state index contributed by atoms with van der Waals surface area (Å²) in [4.78, 5) is 26.4. The molecule has 0 amide bonds. The molecule has 1 saturated heterocycles. The Morgan fingerprint density at radius 3 is 2.16 bits per heavy atom. The molecule has 6 atom stereocenters. The van der Waals surface area contributed by atoms with Gasteiger partial charge in [0.05, 0.1) is 37.1 Å². The lowest BCUT2D eigenvalue weighted by atomic mass is 9.93. The lowest BCUT2D eigenvalue weighted by Crippen LogP contribution is -2.39. The van der Waals surface area contributed by atoms with Crippen molar-refractivity contribution in [3.63, 3.8) is 0 Å². The summed E-state index contributed by atoms with van der Waals surface area (Å²) in [6, 6.07) is 8.91. The van der Waals surface area contributed by atoms with E-state index in [1.165, 1.54) is 100 Å². The van der Waals surface area contributed by atoms with Crippen molar-refractivity contribution in [2.24, 2.45) is 0 Å². The number of ether oxygens (including phenoxy) is 2. The van der Waals surface area contributed by atoms with Gasteiger partial charge in [-0.05, 0) is 37.6 Å². The number of nitrogens with one attached hydrogen (secondary N) is 1. The third kappa shape index (κ3) is 13.8. The average Bonchev–Trinajstić information content (AvgIpc) is 3.72. The summed E-state index contributed by atoms with van der Waals surface area (Å²) >= 11 is 0. The SMILES string of the molecule is CCCCCCCCCCCCCCCCCCOC[C@H](COP(=O)(O)OC[C@H]1O[C@@](C)(c2ccc3c(N)ncnn23)[C@H](O)[C@@H]1O)Nc1ccccc1C(=O)O. The molecule has 1 aliphatic heterocycles. The van der Waals surface area contributed by atoms with Crippen molar-refractivity contribution in [1.82, 2.24) is 14.6 Å². The van der Waals surface area contributed by atoms with E-state index in [4.69, 9.17) is 24.3 Å². The number of carboxylic acids is 1. The number of aromatic carboxylic acids is 1. The number of hydrogen-bond donors (Lipinski definition) is 6. The predicted octanol–water partition coefficient (Wildman–Crippen LogP) is 7.24. The second-order valence-corrected chi connectivity index (χ2v) is 16.4. The number of carbonyl (C=O) groups is 1. The number of nitrogens with two attached hydrogens (primary N) is 1. The molecule has 7 N–H and O–H groups in total. The fourth-order valence-corrected chi connectivity index (χ4v) is 7.95. The first kappa shape index (κ1) is 45.6. The van der Waals surface area contributed by atoms with E-state index in [9.17, 15) is 29.6 Å². The highest BCUT2D eigenvalue weighted by Gasteiger charge is 2.54. The number of aromatic nitrogens is 3. The van der Waals surface area contributed by atoms with Gasteiger partial charge < -0.3 is 40.7 Å². The van der Waals surface area contributed by atoms with Crippen molar-refractivity contribution in [3.05, 3.63) is 54.0 Å². The van der Waals surface area contributed by atoms with Crippen LogP contribution in [-0.2, 0) is 28.7 Å². The quantitative estimate of drug-likeness (QED) is 0.0301. The maximum atomic E-state index is 13.0. The zero-order chi connectivity index (χ0) is 40.4. The third-order valence-corrected chi connectivity index (χ3v) is 11.4. The van der Waals surface area contributed by atoms with Gasteiger partial charge in [0.25, 0.3) is 0 Å². The van der Waals surface area contributed by atoms with E-state index in [0.29, 0.717) is 23.5 Å². The van der Waals surface area contributed by atoms with E-state index < -0.39 is 50.4 Å². The number of phosphoric acid groups is 1. The molecular weight excluding hydrogens is 741 g/mol. The molecule has 1 fully saturated rings. The zero-order valence-corrected chi connectivity index (χ0v) is 34.0. The normalized spacial score (nSPS) is 21.3. The summed E-state index contributed by atoms with van der Waals surface area (Å²) in [5, 5.41) is 38.8. The van der Waals surface area contributed by atoms with Crippen LogP contribution < -0.4 is 11.1 Å². The first-order valence-electron chi connectivity index (χ1n) is 20.4. The summed E-state index contributed by atoms with van der Waals surface area (Å²) in [5.74, 6) is -0.919. The first-order valence-corrected chi connectivity index (χ1v) is 21.9. The molecule has 1 aromatic carbocycles. The van der Waals surface area contributed by atoms with Crippen LogP contribution in [0.25, 0.3) is 5.52 Å². The van der Waals surface area contributed by atoms with E-state index >= 15 is 0 Å². The third-order valence-electron chi connectivity index (χ3n) is 10.5. The maximum Gasteiger partial charge on any atom is 0.472 e. The Hall–Kier alpha value is -3.14. The molecule has 56 heavy (non-hydrogen) atoms. The Bertz CT molecular complexity index is 1660. The number of carboxylic acid groups (broad SMARTS) is 1. The number of para-hydroxylation sites is 1. The molecule has 0 spiro atoms. The lowest BCUT2D eigenvalue weighted by Gasteiger charge is -2.27. The smallest absolute Gasteiger partial charge is 0.472 e. The Balaban J connectivity index is 1.19. The van der Waals surface area contributed by atoms with Crippen LogP contribution in [0.3, 0.4) is 0 Å². The van der Waals surface area contributed by atoms with Crippen molar-refractivity contribution in [3.8, 4) is 0 Å². The van der Waals surface area contributed by atoms with Gasteiger partial charge in [-0.25, -0.2) is 18.9 Å². The molecule has 15 nitrogen and oxygen atoms in total. The second kappa shape index (κ2) is 23.3. The minimum atomic E-state index is -4.73. The van der Waals surface area contributed by atoms with Gasteiger partial charge >= 0.3 is 13.8 Å². The molecule has 16 heteroatoms. The number of nitrogen functional groups attached to an aromatic ring is 1. The molecule has 0 saturated carbocycles. The van der Waals surface area contributed by atoms with Crippen molar-refractivity contribution in [2.75, 3.05) is 37.5 Å². The number of unbranched alkanes of at least 4 members (excludes halogenated alkanes) is 15. The number of fused-ring (bicyclic) bond motifs is 1. The lowest BCUT2D eigenvalue weighted by molar-refractivity contribution is -0.0888. The van der Waals surface area contributed by atoms with Crippen LogP contribution in [0.4, 0.5) is 11.5 Å². The fourth-order valence-electron chi connectivity index (χ4n) is 7.17. The van der Waals surface area contributed by atoms with Gasteiger partial charge in [0, 0.05) is 12.3 Å². The summed E-state index contributed by atoms with van der Waals surface area (Å²) in [6.45, 7) is 3.40. The van der Waals surface area contributed by atoms with Crippen LogP contribution in [0.15, 0.2) is 42.7 Å². The molecule has 0 aliphatic carbocycles. The van der Waals surface area contributed by atoms with Gasteiger partial charge in [-0.3, -0.25) is 9.05 Å². The summed E-state index contributed by atoms with van der Waals surface area (Å²) in [6.07, 6.45) is 17.4. The number of hydrogen-bond acceptors (Lipinski definition) is 12. The number of phosphoric ester groups is 1. The fraction of sp³-hybridized carbons (Fsp3) is 0.675. The average molecular weight is 806 g/mol. The van der Waals surface area contributed by atoms with Gasteiger partial charge in [-0.2, -0.15) is 5.10 Å². The van der Waals surface area contributed by atoms with Crippen molar-refractivity contribution in [2.45, 2.75) is 147 Å². The molecule has 3 heterocycles. The van der Waals surface area contributed by atoms with E-state index in [0.717, 1.165) is 19.3 Å². The first-order chi connectivity index (χ1) is 27.0. The van der Waals surface area contributed by atoms with E-state index in [1.54, 1.807) is 37.3 Å². The van der Waals surface area contributed by atoms with Crippen molar-refractivity contribution >= 4 is 30.8 Å². The monoisotopic (exact) mass is 805 g/mol. The molecule has 3 aromatic rings. The van der Waals surface area contributed by atoms with Gasteiger partial charge in [0.1, 0.15) is 35.8 Å². The van der Waals surface area contributed by atoms with E-state index in [1.807, 2.05) is 0 Å². The number of anilines is 2. The number of rotatable bonds is 29. The predicted molar refractivity (Wildman–Crippen MR) is 215 cm³/mol. The topological polar surface area (TPSA) is 220 Å². The van der Waals surface area contributed by atoms with Crippen LogP contribution in [-0.4, -0.2) is 91.6 Å². The van der Waals surface area contributed by atoms with Crippen molar-refractivity contribution < 1.29 is 48.1 Å². The number of aliphatic hydroxyl groups is 2. The molecule has 1 aliphatic rings. The standard InChI is InChI=1S/C40H64N5O10P/c1-3-4-5-6-7-8-9-10-11-12-13-14-15-16-17-20-25-52-26-30(44-32-22-19-18-21-31(32)39(48)49)27-53-56(50,51)54-28-34-36(46)37(47)40(2,55-34)35-24-23-33-38(41)42-29-43-45(33)35/h18-19,21-24,29-30,34,36-37,44,46-47H,3-17,20,25-28H2,1-2H3,(H,48,49)(H,50,51)(H2,41,42,43)/t30-,34-,36-,37-,40+/m1/s1. The van der Waals surface area contributed by atoms with Gasteiger partial charge in [-0.1, -0.05) is 115 Å². The molecular formula is C40H64N5O10P. The Morgan fingerprint density at radius 2 is 1.54 bits per heavy atom. The Labute approximate surface area is 330 Å².